The molecular formula is C16H15Cl2FN2O. The number of hydrogen-bond acceptors (Lipinski definition) is 2. The number of anilines is 2. The van der Waals surface area contributed by atoms with Crippen molar-refractivity contribution in [3.05, 3.63) is 57.8 Å². The van der Waals surface area contributed by atoms with E-state index in [1.165, 1.54) is 6.07 Å². The van der Waals surface area contributed by atoms with Gasteiger partial charge in [-0.05, 0) is 49.7 Å². The highest BCUT2D eigenvalue weighted by Crippen LogP contribution is 2.25. The minimum Gasteiger partial charge on any atom is -0.374 e. The second-order valence-electron chi connectivity index (χ2n) is 4.94. The molecule has 1 atom stereocenters. The van der Waals surface area contributed by atoms with Crippen molar-refractivity contribution in [2.75, 3.05) is 10.6 Å². The predicted molar refractivity (Wildman–Crippen MR) is 89.3 cm³/mol. The van der Waals surface area contributed by atoms with Gasteiger partial charge >= 0.3 is 0 Å². The van der Waals surface area contributed by atoms with Crippen LogP contribution in [0.5, 0.6) is 0 Å². The standard InChI is InChI=1S/C16H15Cl2FN2O/c1-9-3-5-12(8-14(9)19)20-10(2)16(22)21-15-7-11(17)4-6-13(15)18/h3-8,10,20H,1-2H3,(H,21,22)/t10-/m1/s1. The first-order chi connectivity index (χ1) is 10.4. The number of carbonyl (C=O) groups excluding carboxylic acids is 1. The normalized spacial score (nSPS) is 11.9. The summed E-state index contributed by atoms with van der Waals surface area (Å²) in [5.41, 5.74) is 1.51. The van der Waals surface area contributed by atoms with Gasteiger partial charge in [-0.2, -0.15) is 0 Å². The van der Waals surface area contributed by atoms with Gasteiger partial charge in [0.25, 0.3) is 0 Å². The minimum absolute atomic E-state index is 0.301. The fourth-order valence-electron chi connectivity index (χ4n) is 1.83. The van der Waals surface area contributed by atoms with Crippen LogP contribution in [0.1, 0.15) is 12.5 Å². The van der Waals surface area contributed by atoms with Gasteiger partial charge in [0.1, 0.15) is 11.9 Å². The first-order valence-electron chi connectivity index (χ1n) is 6.65. The maximum Gasteiger partial charge on any atom is 0.246 e. The lowest BCUT2D eigenvalue weighted by molar-refractivity contribution is -0.116. The summed E-state index contributed by atoms with van der Waals surface area (Å²) in [5, 5.41) is 6.49. The molecule has 2 rings (SSSR count). The van der Waals surface area contributed by atoms with Gasteiger partial charge in [0, 0.05) is 10.7 Å². The van der Waals surface area contributed by atoms with Crippen molar-refractivity contribution in [1.29, 1.82) is 0 Å². The average molecular weight is 341 g/mol. The van der Waals surface area contributed by atoms with E-state index in [0.717, 1.165) is 0 Å². The average Bonchev–Trinajstić information content (AvgIpc) is 2.46. The van der Waals surface area contributed by atoms with Gasteiger partial charge in [-0.1, -0.05) is 29.3 Å². The van der Waals surface area contributed by atoms with E-state index in [0.29, 0.717) is 27.0 Å². The Morgan fingerprint density at radius 3 is 2.59 bits per heavy atom. The molecule has 1 amide bonds. The molecule has 0 radical (unpaired) electrons. The molecule has 0 bridgehead atoms. The molecule has 6 heteroatoms. The highest BCUT2D eigenvalue weighted by Gasteiger charge is 2.15. The van der Waals surface area contributed by atoms with E-state index in [1.54, 1.807) is 44.2 Å². The van der Waals surface area contributed by atoms with Gasteiger partial charge in [0.05, 0.1) is 10.7 Å². The molecule has 2 aromatic rings. The van der Waals surface area contributed by atoms with E-state index in [2.05, 4.69) is 10.6 Å². The maximum absolute atomic E-state index is 13.5. The molecule has 0 aliphatic carbocycles. The Balaban J connectivity index is 2.05. The summed E-state index contributed by atoms with van der Waals surface area (Å²) in [6.07, 6.45) is 0. The molecule has 116 valence electrons. The number of rotatable bonds is 4. The molecule has 0 fully saturated rings. The van der Waals surface area contributed by atoms with E-state index >= 15 is 0 Å². The molecule has 0 saturated carbocycles. The van der Waals surface area contributed by atoms with Crippen molar-refractivity contribution in [2.45, 2.75) is 19.9 Å². The van der Waals surface area contributed by atoms with Crippen molar-refractivity contribution in [3.8, 4) is 0 Å². The van der Waals surface area contributed by atoms with Crippen molar-refractivity contribution in [1.82, 2.24) is 0 Å². The van der Waals surface area contributed by atoms with Gasteiger partial charge in [-0.3, -0.25) is 4.79 Å². The van der Waals surface area contributed by atoms with Crippen LogP contribution in [0.2, 0.25) is 10.0 Å². The lowest BCUT2D eigenvalue weighted by Crippen LogP contribution is -2.32. The molecule has 2 aromatic carbocycles. The predicted octanol–water partition coefficient (Wildman–Crippen LogP) is 4.88. The Kier molecular flexibility index (Phi) is 5.27. The molecule has 0 aliphatic rings. The third-order valence-corrected chi connectivity index (χ3v) is 3.70. The zero-order valence-electron chi connectivity index (χ0n) is 12.1. The van der Waals surface area contributed by atoms with Crippen LogP contribution < -0.4 is 10.6 Å². The smallest absolute Gasteiger partial charge is 0.246 e. The number of nitrogens with one attached hydrogen (secondary N) is 2. The first kappa shape index (κ1) is 16.6. The molecular weight excluding hydrogens is 326 g/mol. The number of hydrogen-bond donors (Lipinski definition) is 2. The summed E-state index contributed by atoms with van der Waals surface area (Å²) >= 11 is 11.9. The summed E-state index contributed by atoms with van der Waals surface area (Å²) in [6.45, 7) is 3.35. The highest BCUT2D eigenvalue weighted by atomic mass is 35.5. The molecule has 0 spiro atoms. The van der Waals surface area contributed by atoms with Gasteiger partial charge in [0.15, 0.2) is 0 Å². The molecule has 2 N–H and O–H groups in total. The van der Waals surface area contributed by atoms with E-state index < -0.39 is 6.04 Å². The Morgan fingerprint density at radius 2 is 1.91 bits per heavy atom. The van der Waals surface area contributed by atoms with E-state index in [-0.39, 0.29) is 11.7 Å². The van der Waals surface area contributed by atoms with Crippen LogP contribution in [0.25, 0.3) is 0 Å². The minimum atomic E-state index is -0.572. The van der Waals surface area contributed by atoms with Crippen molar-refractivity contribution >= 4 is 40.5 Å². The Labute approximate surface area is 138 Å². The third kappa shape index (κ3) is 4.12. The SMILES string of the molecule is Cc1ccc(N[C@H](C)C(=O)Nc2cc(Cl)ccc2Cl)cc1F. The quantitative estimate of drug-likeness (QED) is 0.832. The van der Waals surface area contributed by atoms with Crippen molar-refractivity contribution in [3.63, 3.8) is 0 Å². The van der Waals surface area contributed by atoms with Crippen LogP contribution in [-0.4, -0.2) is 11.9 Å². The van der Waals surface area contributed by atoms with Crippen molar-refractivity contribution in [2.24, 2.45) is 0 Å². The Hall–Kier alpha value is -1.78. The molecule has 0 unspecified atom stereocenters. The summed E-state index contributed by atoms with van der Waals surface area (Å²) in [5.74, 6) is -0.624. The number of benzene rings is 2. The first-order valence-corrected chi connectivity index (χ1v) is 7.41. The van der Waals surface area contributed by atoms with Crippen LogP contribution in [0.15, 0.2) is 36.4 Å². The summed E-state index contributed by atoms with van der Waals surface area (Å²) in [7, 11) is 0. The molecule has 0 heterocycles. The summed E-state index contributed by atoms with van der Waals surface area (Å²) in [6, 6.07) is 8.96. The topological polar surface area (TPSA) is 41.1 Å². The monoisotopic (exact) mass is 340 g/mol. The molecule has 0 saturated heterocycles. The zero-order chi connectivity index (χ0) is 16.3. The molecule has 22 heavy (non-hydrogen) atoms. The summed E-state index contributed by atoms with van der Waals surface area (Å²) < 4.78 is 13.5. The van der Waals surface area contributed by atoms with Gasteiger partial charge in [0.2, 0.25) is 5.91 Å². The molecule has 0 aromatic heterocycles. The fourth-order valence-corrected chi connectivity index (χ4v) is 2.17. The fraction of sp³-hybridized carbons (Fsp3) is 0.188. The number of carbonyl (C=O) groups is 1. The van der Waals surface area contributed by atoms with Crippen LogP contribution in [0.4, 0.5) is 15.8 Å². The second-order valence-corrected chi connectivity index (χ2v) is 5.79. The summed E-state index contributed by atoms with van der Waals surface area (Å²) in [4.78, 5) is 12.2. The van der Waals surface area contributed by atoms with Gasteiger partial charge < -0.3 is 10.6 Å². The van der Waals surface area contributed by atoms with Crippen LogP contribution in [0.3, 0.4) is 0 Å². The number of aryl methyl sites for hydroxylation is 1. The van der Waals surface area contributed by atoms with Crippen molar-refractivity contribution < 1.29 is 9.18 Å². The lowest BCUT2D eigenvalue weighted by Gasteiger charge is -2.16. The van der Waals surface area contributed by atoms with E-state index in [4.69, 9.17) is 23.2 Å². The lowest BCUT2D eigenvalue weighted by atomic mass is 10.2. The largest absolute Gasteiger partial charge is 0.374 e. The molecule has 3 nitrogen and oxygen atoms in total. The Morgan fingerprint density at radius 1 is 1.18 bits per heavy atom. The van der Waals surface area contributed by atoms with Crippen LogP contribution in [0, 0.1) is 12.7 Å². The second kappa shape index (κ2) is 6.99. The Bertz CT molecular complexity index is 707. The van der Waals surface area contributed by atoms with E-state index in [1.807, 2.05) is 0 Å². The molecule has 0 aliphatic heterocycles. The third-order valence-electron chi connectivity index (χ3n) is 3.13. The van der Waals surface area contributed by atoms with E-state index in [9.17, 15) is 9.18 Å². The number of halogens is 3. The van der Waals surface area contributed by atoms with Crippen LogP contribution >= 0.6 is 23.2 Å². The number of amides is 1. The maximum atomic E-state index is 13.5. The van der Waals surface area contributed by atoms with Gasteiger partial charge in [-0.15, -0.1) is 0 Å². The highest BCUT2D eigenvalue weighted by molar-refractivity contribution is 6.35. The van der Waals surface area contributed by atoms with Crippen LogP contribution in [-0.2, 0) is 4.79 Å². The van der Waals surface area contributed by atoms with Gasteiger partial charge in [-0.25, -0.2) is 4.39 Å². The zero-order valence-corrected chi connectivity index (χ0v) is 13.6.